The van der Waals surface area contributed by atoms with Gasteiger partial charge in [0.05, 0.1) is 15.1 Å². The summed E-state index contributed by atoms with van der Waals surface area (Å²) in [4.78, 5) is 5.40. The van der Waals surface area contributed by atoms with Gasteiger partial charge in [0, 0.05) is 12.7 Å². The van der Waals surface area contributed by atoms with Crippen LogP contribution in [0.1, 0.15) is 0 Å². The third kappa shape index (κ3) is 3.43. The Morgan fingerprint density at radius 2 is 1.88 bits per heavy atom. The zero-order chi connectivity index (χ0) is 13.0. The van der Waals surface area contributed by atoms with Gasteiger partial charge in [-0.25, -0.2) is 0 Å². The van der Waals surface area contributed by atoms with Crippen LogP contribution in [0.4, 0.5) is 5.69 Å². The van der Waals surface area contributed by atoms with Gasteiger partial charge in [-0.15, -0.1) is 4.99 Å². The summed E-state index contributed by atoms with van der Waals surface area (Å²) in [7, 11) is 1.77. The summed E-state index contributed by atoms with van der Waals surface area (Å²) in [5.74, 6) is 0. The van der Waals surface area contributed by atoms with E-state index in [1.807, 2.05) is 6.26 Å². The Morgan fingerprint density at radius 1 is 1.35 bits per heavy atom. The topological polar surface area (TPSA) is 39.4 Å². The minimum atomic E-state index is 0.313. The first-order valence-corrected chi connectivity index (χ1v) is 6.76. The number of amidine groups is 1. The van der Waals surface area contributed by atoms with Crippen molar-refractivity contribution in [2.45, 2.75) is 0 Å². The number of anilines is 1. The highest BCUT2D eigenvalue weighted by Gasteiger charge is 2.12. The second-order valence-electron chi connectivity index (χ2n) is 2.98. The van der Waals surface area contributed by atoms with Crippen molar-refractivity contribution in [2.24, 2.45) is 4.99 Å². The van der Waals surface area contributed by atoms with E-state index in [1.165, 1.54) is 11.8 Å². The monoisotopic (exact) mass is 307 g/mol. The molecule has 0 amide bonds. The van der Waals surface area contributed by atoms with Crippen LogP contribution in [0, 0.1) is 11.5 Å². The van der Waals surface area contributed by atoms with E-state index in [0.29, 0.717) is 25.9 Å². The molecule has 0 saturated carbocycles. The molecule has 0 heterocycles. The molecule has 0 aliphatic carbocycles. The van der Waals surface area contributed by atoms with Crippen LogP contribution in [0.3, 0.4) is 0 Å². The molecule has 0 fully saturated rings. The zero-order valence-electron chi connectivity index (χ0n) is 9.04. The van der Waals surface area contributed by atoms with E-state index in [4.69, 9.17) is 40.1 Å². The van der Waals surface area contributed by atoms with Gasteiger partial charge in [0.25, 0.3) is 0 Å². The minimum absolute atomic E-state index is 0.313. The molecule has 0 atom stereocenters. The summed E-state index contributed by atoms with van der Waals surface area (Å²) in [6, 6.07) is 3.33. The van der Waals surface area contributed by atoms with Gasteiger partial charge < -0.3 is 4.90 Å². The van der Waals surface area contributed by atoms with E-state index >= 15 is 0 Å². The summed E-state index contributed by atoms with van der Waals surface area (Å²) in [6.07, 6.45) is 3.57. The Hall–Kier alpha value is -0.600. The van der Waals surface area contributed by atoms with Crippen LogP contribution in [0.25, 0.3) is 0 Å². The molecule has 0 saturated heterocycles. The first kappa shape index (κ1) is 14.5. The molecule has 0 radical (unpaired) electrons. The quantitative estimate of drug-likeness (QED) is 0.336. The van der Waals surface area contributed by atoms with E-state index in [1.54, 1.807) is 30.3 Å². The van der Waals surface area contributed by atoms with E-state index in [-0.39, 0.29) is 0 Å². The van der Waals surface area contributed by atoms with Gasteiger partial charge in [-0.1, -0.05) is 46.6 Å². The summed E-state index contributed by atoms with van der Waals surface area (Å²) < 4.78 is 0. The molecule has 0 aliphatic rings. The number of nitrogens with zero attached hydrogens (tertiary/aromatic N) is 3. The number of thioether (sulfide) groups is 1. The van der Waals surface area contributed by atoms with Gasteiger partial charge in [0.1, 0.15) is 0 Å². The van der Waals surface area contributed by atoms with E-state index < -0.39 is 0 Å². The molecule has 3 nitrogen and oxygen atoms in total. The van der Waals surface area contributed by atoms with Crippen LogP contribution in [-0.2, 0) is 0 Å². The maximum Gasteiger partial charge on any atom is 0.208 e. The van der Waals surface area contributed by atoms with Gasteiger partial charge in [-0.2, -0.15) is 5.26 Å². The summed E-state index contributed by atoms with van der Waals surface area (Å²) >= 11 is 19.1. The lowest BCUT2D eigenvalue weighted by molar-refractivity contribution is 1.27. The molecule has 0 aliphatic heterocycles. The summed E-state index contributed by atoms with van der Waals surface area (Å²) in [6.45, 7) is 0. The molecule has 0 unspecified atom stereocenters. The highest BCUT2D eigenvalue weighted by atomic mass is 35.5. The van der Waals surface area contributed by atoms with Gasteiger partial charge >= 0.3 is 0 Å². The predicted molar refractivity (Wildman–Crippen MR) is 76.4 cm³/mol. The maximum atomic E-state index is 8.57. The maximum absolute atomic E-state index is 8.57. The molecule has 1 aromatic rings. The molecule has 0 N–H and O–H groups in total. The molecule has 0 aromatic heterocycles. The average Bonchev–Trinajstić information content (AvgIpc) is 2.31. The Morgan fingerprint density at radius 3 is 2.29 bits per heavy atom. The molecule has 1 aromatic carbocycles. The van der Waals surface area contributed by atoms with Gasteiger partial charge in [-0.3, -0.25) is 0 Å². The molecule has 0 bridgehead atoms. The third-order valence-corrected chi connectivity index (χ3v) is 3.90. The van der Waals surface area contributed by atoms with Crippen molar-refractivity contribution in [2.75, 3.05) is 18.2 Å². The van der Waals surface area contributed by atoms with Crippen LogP contribution < -0.4 is 4.90 Å². The number of hydrogen-bond donors (Lipinski definition) is 0. The molecule has 17 heavy (non-hydrogen) atoms. The van der Waals surface area contributed by atoms with Gasteiger partial charge in [-0.05, 0) is 18.4 Å². The Labute approximate surface area is 119 Å². The SMILES string of the molecule is CSC(=NC#N)N(C)c1cc(Cl)c(Cl)c(Cl)c1. The number of rotatable bonds is 1. The number of nitriles is 1. The lowest BCUT2D eigenvalue weighted by atomic mass is 10.3. The van der Waals surface area contributed by atoms with Crippen LogP contribution in [0.2, 0.25) is 15.1 Å². The minimum Gasteiger partial charge on any atom is -0.323 e. The lowest BCUT2D eigenvalue weighted by Crippen LogP contribution is -2.23. The molecule has 0 spiro atoms. The van der Waals surface area contributed by atoms with Crippen molar-refractivity contribution in [1.82, 2.24) is 0 Å². The summed E-state index contributed by atoms with van der Waals surface area (Å²) in [5, 5.41) is 10.1. The highest BCUT2D eigenvalue weighted by molar-refractivity contribution is 8.13. The van der Waals surface area contributed by atoms with Crippen LogP contribution in [0.15, 0.2) is 17.1 Å². The lowest BCUT2D eigenvalue weighted by Gasteiger charge is -2.19. The fourth-order valence-corrected chi connectivity index (χ4v) is 2.24. The molecule has 7 heteroatoms. The van der Waals surface area contributed by atoms with Gasteiger partial charge in [0.2, 0.25) is 6.19 Å². The fraction of sp³-hybridized carbons (Fsp3) is 0.200. The normalized spacial score (nSPS) is 11.2. The van der Waals surface area contributed by atoms with Crippen molar-refractivity contribution >= 4 is 57.4 Å². The van der Waals surface area contributed by atoms with Crippen molar-refractivity contribution in [3.05, 3.63) is 27.2 Å². The second-order valence-corrected chi connectivity index (χ2v) is 4.95. The highest BCUT2D eigenvalue weighted by Crippen LogP contribution is 2.34. The average molecular weight is 309 g/mol. The Bertz CT molecular complexity index is 473. The summed E-state index contributed by atoms with van der Waals surface area (Å²) in [5.41, 5.74) is 0.716. The smallest absolute Gasteiger partial charge is 0.208 e. The van der Waals surface area contributed by atoms with Gasteiger partial charge in [0.15, 0.2) is 5.17 Å². The predicted octanol–water partition coefficient (Wildman–Crippen LogP) is 4.28. The number of aliphatic imine (C=N–C) groups is 1. The largest absolute Gasteiger partial charge is 0.323 e. The van der Waals surface area contributed by atoms with Crippen molar-refractivity contribution in [3.8, 4) is 6.19 Å². The first-order chi connectivity index (χ1) is 8.01. The van der Waals surface area contributed by atoms with Crippen LogP contribution >= 0.6 is 46.6 Å². The molecular weight excluding hydrogens is 301 g/mol. The standard InChI is InChI=1S/C10H8Cl3N3S/c1-16(10(17-2)15-5-14)6-3-7(11)9(13)8(12)4-6/h3-4H,1-2H3. The third-order valence-electron chi connectivity index (χ3n) is 1.97. The Kier molecular flexibility index (Phi) is 5.41. The molecular formula is C10H8Cl3N3S. The number of halogens is 3. The fourth-order valence-electron chi connectivity index (χ4n) is 1.15. The van der Waals surface area contributed by atoms with Crippen LogP contribution in [0.5, 0.6) is 0 Å². The molecule has 1 rings (SSSR count). The van der Waals surface area contributed by atoms with Crippen molar-refractivity contribution in [1.29, 1.82) is 5.26 Å². The van der Waals surface area contributed by atoms with E-state index in [9.17, 15) is 0 Å². The first-order valence-electron chi connectivity index (χ1n) is 4.40. The molecule has 90 valence electrons. The number of benzene rings is 1. The second kappa shape index (κ2) is 6.36. The Balaban J connectivity index is 3.18. The van der Waals surface area contributed by atoms with Crippen LogP contribution in [-0.4, -0.2) is 18.5 Å². The van der Waals surface area contributed by atoms with E-state index in [2.05, 4.69) is 4.99 Å². The van der Waals surface area contributed by atoms with Crippen molar-refractivity contribution in [3.63, 3.8) is 0 Å². The van der Waals surface area contributed by atoms with E-state index in [0.717, 1.165) is 0 Å². The number of hydrogen-bond acceptors (Lipinski definition) is 3. The van der Waals surface area contributed by atoms with Crippen molar-refractivity contribution < 1.29 is 0 Å². The zero-order valence-corrected chi connectivity index (χ0v) is 12.1.